The maximum absolute atomic E-state index is 4.96. The summed E-state index contributed by atoms with van der Waals surface area (Å²) >= 11 is 0. The van der Waals surface area contributed by atoms with Gasteiger partial charge >= 0.3 is 0 Å². The van der Waals surface area contributed by atoms with Crippen molar-refractivity contribution in [2.75, 3.05) is 0 Å². The first-order chi connectivity index (χ1) is 36.0. The van der Waals surface area contributed by atoms with Crippen molar-refractivity contribution in [1.29, 1.82) is 0 Å². The Morgan fingerprint density at radius 1 is 0.276 bits per heavy atom. The molecular weight excluding hydrogens is 914 g/mol. The molecule has 9 rings (SSSR count). The number of hydrogen-bond acceptors (Lipinski definition) is 2. The lowest BCUT2D eigenvalue weighted by molar-refractivity contribution is 1.24. The van der Waals surface area contributed by atoms with Crippen molar-refractivity contribution in [2.24, 2.45) is 0 Å². The molecule has 0 aliphatic carbocycles. The van der Waals surface area contributed by atoms with E-state index in [0.717, 1.165) is 44.1 Å². The highest BCUT2D eigenvalue weighted by Gasteiger charge is 2.34. The third-order valence-electron chi connectivity index (χ3n) is 17.3. The second-order valence-electron chi connectivity index (χ2n) is 22.8. The molecule has 0 aliphatic heterocycles. The zero-order chi connectivity index (χ0) is 54.9. The molecule has 0 N–H and O–H groups in total. The zero-order valence-electron chi connectivity index (χ0n) is 49.1. The quantitative estimate of drug-likeness (QED) is 0.0942. The van der Waals surface area contributed by atoms with Gasteiger partial charge in [0.2, 0.25) is 13.4 Å². The van der Waals surface area contributed by atoms with Gasteiger partial charge in [-0.25, -0.2) is 0 Å². The average molecular weight is 989 g/mol. The number of benzene rings is 7. The summed E-state index contributed by atoms with van der Waals surface area (Å²) in [6.07, 6.45) is 3.75. The third kappa shape index (κ3) is 9.30. The Balaban J connectivity index is 1.13. The van der Waals surface area contributed by atoms with E-state index in [1.54, 1.807) is 0 Å². The number of nitrogens with zero attached hydrogens (tertiary/aromatic N) is 2. The Morgan fingerprint density at radius 3 is 0.750 bits per heavy atom. The van der Waals surface area contributed by atoms with Gasteiger partial charge in [-0.2, -0.15) is 0 Å². The van der Waals surface area contributed by atoms with Crippen LogP contribution in [0.2, 0.25) is 0 Å². The van der Waals surface area contributed by atoms with E-state index >= 15 is 0 Å². The molecule has 0 fully saturated rings. The van der Waals surface area contributed by atoms with Crippen LogP contribution in [-0.2, 0) is 0 Å². The van der Waals surface area contributed by atoms with Crippen LogP contribution in [0.5, 0.6) is 0 Å². The maximum Gasteiger partial charge on any atom is 0.243 e. The molecule has 378 valence electrons. The smallest absolute Gasteiger partial charge is 0.243 e. The highest BCUT2D eigenvalue weighted by molar-refractivity contribution is 6.97. The average Bonchev–Trinajstić information content (AvgIpc) is 3.38. The number of pyridine rings is 2. The van der Waals surface area contributed by atoms with Gasteiger partial charge in [0, 0.05) is 45.4 Å². The molecule has 0 radical (unpaired) electrons. The lowest BCUT2D eigenvalue weighted by Crippen LogP contribution is -2.57. The lowest BCUT2D eigenvalue weighted by atomic mass is 9.32. The Kier molecular flexibility index (Phi) is 14.5. The molecule has 0 bridgehead atoms. The second-order valence-corrected chi connectivity index (χ2v) is 22.8. The molecule has 7 aromatic carbocycles. The van der Waals surface area contributed by atoms with Crippen molar-refractivity contribution >= 4 is 68.0 Å². The summed E-state index contributed by atoms with van der Waals surface area (Å²) in [5, 5.41) is 1.97. The van der Waals surface area contributed by atoms with Crippen LogP contribution in [0.1, 0.15) is 134 Å². The summed E-state index contributed by atoms with van der Waals surface area (Å²) in [6.45, 7) is 45.6. The third-order valence-corrected chi connectivity index (χ3v) is 17.3. The first-order valence-corrected chi connectivity index (χ1v) is 27.2. The van der Waals surface area contributed by atoms with Crippen LogP contribution in [0.3, 0.4) is 0 Å². The van der Waals surface area contributed by atoms with Crippen LogP contribution < -0.4 is 32.8 Å². The van der Waals surface area contributed by atoms with E-state index < -0.39 is 0 Å². The van der Waals surface area contributed by atoms with Crippen molar-refractivity contribution in [3.05, 3.63) is 219 Å². The van der Waals surface area contributed by atoms with E-state index in [1.807, 2.05) is 24.5 Å². The van der Waals surface area contributed by atoms with Crippen LogP contribution in [-0.4, -0.2) is 23.4 Å². The van der Waals surface area contributed by atoms with E-state index in [4.69, 9.17) is 9.97 Å². The van der Waals surface area contributed by atoms with Gasteiger partial charge in [-0.05, 0) is 173 Å². The molecule has 2 nitrogen and oxygen atoms in total. The Labute approximate surface area is 456 Å². The Bertz CT molecular complexity index is 3540. The van der Waals surface area contributed by atoms with E-state index in [2.05, 4.69) is 223 Å². The van der Waals surface area contributed by atoms with Gasteiger partial charge < -0.3 is 0 Å². The minimum Gasteiger partial charge on any atom is -0.254 e. The van der Waals surface area contributed by atoms with Gasteiger partial charge in [0.15, 0.2) is 0 Å². The molecule has 0 unspecified atom stereocenters. The van der Waals surface area contributed by atoms with E-state index in [-0.39, 0.29) is 13.4 Å². The summed E-state index contributed by atoms with van der Waals surface area (Å²) in [4.78, 5) is 9.92. The Morgan fingerprint density at radius 2 is 0.513 bits per heavy atom. The minimum absolute atomic E-state index is 0.0935. The molecule has 2 aromatic heterocycles. The summed E-state index contributed by atoms with van der Waals surface area (Å²) < 4.78 is 0. The molecule has 0 spiro atoms. The Hall–Kier alpha value is -7.39. The molecule has 0 aliphatic rings. The number of aryl methyl sites for hydroxylation is 12. The molecular formula is C72H74B2N2. The largest absolute Gasteiger partial charge is 0.254 e. The predicted octanol–water partition coefficient (Wildman–Crippen LogP) is 12.8. The van der Waals surface area contributed by atoms with Gasteiger partial charge in [0.1, 0.15) is 0 Å². The lowest BCUT2D eigenvalue weighted by Gasteiger charge is -2.29. The van der Waals surface area contributed by atoms with Gasteiger partial charge in [0.25, 0.3) is 0 Å². The van der Waals surface area contributed by atoms with Crippen molar-refractivity contribution in [1.82, 2.24) is 9.97 Å². The number of aromatic nitrogens is 2. The zero-order valence-corrected chi connectivity index (χ0v) is 49.1. The van der Waals surface area contributed by atoms with Crippen molar-refractivity contribution < 1.29 is 0 Å². The van der Waals surface area contributed by atoms with Gasteiger partial charge in [-0.1, -0.05) is 206 Å². The molecule has 0 atom stereocenters. The SMILES string of the molecule is Cc1cc(C)c(B(c2c(C)cc(C)cc2C)c2c(C)c(C)c(C#Cc3ccnc4c3ccc3c(C#Cc5c(C)c(C)c(B(c6c(C)cc(C)cc6C)c6c(C)cc(C)cc6C)c(C)c5C)ccnc34)c(C)c2C)c(C)c1. The van der Waals surface area contributed by atoms with Crippen molar-refractivity contribution in [2.45, 2.75) is 138 Å². The molecule has 0 saturated heterocycles. The highest BCUT2D eigenvalue weighted by atomic mass is 14.7. The highest BCUT2D eigenvalue weighted by Crippen LogP contribution is 2.29. The standard InChI is InChI=1S/C72H74B2N2/c1-39-31-43(5)65(44(6)32-39)73(66-45(7)33-40(2)34-46(66)8)69-55(17)51(13)61(52(14)56(69)18)23-21-59-27-29-75-71-63(59)25-26-64-60(28-30-76-72(64)71)22-24-62-53(15)57(19)70(58(20)54(62)16)74(67-47(9)35-41(3)36-48(67)10)68-49(11)37-42(4)38-50(68)12/h25-38H,1-20H3. The van der Waals surface area contributed by atoms with E-state index in [9.17, 15) is 0 Å². The molecule has 76 heavy (non-hydrogen) atoms. The molecule has 0 amide bonds. The molecule has 0 saturated carbocycles. The number of fused-ring (bicyclic) bond motifs is 3. The second kappa shape index (κ2) is 20.6. The van der Waals surface area contributed by atoms with Crippen LogP contribution in [0, 0.1) is 162 Å². The molecule has 9 aromatic rings. The summed E-state index contributed by atoms with van der Waals surface area (Å²) in [5.41, 5.74) is 40.1. The van der Waals surface area contributed by atoms with Crippen LogP contribution in [0.4, 0.5) is 0 Å². The normalized spacial score (nSPS) is 11.2. The minimum atomic E-state index is 0.0935. The fraction of sp³-hybridized carbons (Fsp3) is 0.278. The van der Waals surface area contributed by atoms with Gasteiger partial charge in [-0.15, -0.1) is 0 Å². The summed E-state index contributed by atoms with van der Waals surface area (Å²) in [5.74, 6) is 14.7. The van der Waals surface area contributed by atoms with Crippen LogP contribution >= 0.6 is 0 Å². The summed E-state index contributed by atoms with van der Waals surface area (Å²) in [6, 6.07) is 27.2. The van der Waals surface area contributed by atoms with E-state index in [1.165, 1.54) is 144 Å². The fourth-order valence-electron chi connectivity index (χ4n) is 13.7. The number of hydrogen-bond donors (Lipinski definition) is 0. The van der Waals surface area contributed by atoms with E-state index in [0.29, 0.717) is 0 Å². The first kappa shape index (κ1) is 53.4. The maximum atomic E-state index is 4.96. The monoisotopic (exact) mass is 989 g/mol. The van der Waals surface area contributed by atoms with Crippen LogP contribution in [0.25, 0.3) is 21.8 Å². The summed E-state index contributed by atoms with van der Waals surface area (Å²) in [7, 11) is 0. The van der Waals surface area contributed by atoms with Gasteiger partial charge in [0.05, 0.1) is 11.0 Å². The van der Waals surface area contributed by atoms with Crippen LogP contribution in [0.15, 0.2) is 85.2 Å². The molecule has 2 heterocycles. The molecule has 4 heteroatoms. The number of rotatable bonds is 6. The topological polar surface area (TPSA) is 25.8 Å². The fourth-order valence-corrected chi connectivity index (χ4v) is 13.7. The van der Waals surface area contributed by atoms with Gasteiger partial charge in [-0.3, -0.25) is 9.97 Å². The predicted molar refractivity (Wildman–Crippen MR) is 332 cm³/mol. The van der Waals surface area contributed by atoms with Crippen molar-refractivity contribution in [3.8, 4) is 23.7 Å². The van der Waals surface area contributed by atoms with Crippen molar-refractivity contribution in [3.63, 3.8) is 0 Å². The first-order valence-electron chi connectivity index (χ1n) is 27.2.